The van der Waals surface area contributed by atoms with Crippen molar-refractivity contribution < 1.29 is 14.8 Å². The van der Waals surface area contributed by atoms with Gasteiger partial charge in [-0.05, 0) is 38.0 Å². The van der Waals surface area contributed by atoms with E-state index >= 15 is 0 Å². The van der Waals surface area contributed by atoms with Gasteiger partial charge >= 0.3 is 0 Å². The Hall–Kier alpha value is -3.21. The van der Waals surface area contributed by atoms with Gasteiger partial charge in [0.15, 0.2) is 5.49 Å². The van der Waals surface area contributed by atoms with Gasteiger partial charge in [0.2, 0.25) is 0 Å². The quantitative estimate of drug-likeness (QED) is 0.391. The lowest BCUT2D eigenvalue weighted by Gasteiger charge is -2.26. The summed E-state index contributed by atoms with van der Waals surface area (Å²) in [7, 11) is 0. The molecule has 2 rings (SSSR count). The van der Waals surface area contributed by atoms with Gasteiger partial charge in [0.25, 0.3) is 17.5 Å². The van der Waals surface area contributed by atoms with Gasteiger partial charge in [0, 0.05) is 6.54 Å². The van der Waals surface area contributed by atoms with Crippen LogP contribution in [0, 0.1) is 13.5 Å². The summed E-state index contributed by atoms with van der Waals surface area (Å²) in [4.78, 5) is 29.2. The zero-order chi connectivity index (χ0) is 18.6. The highest BCUT2D eigenvalue weighted by Crippen LogP contribution is 2.20. The maximum Gasteiger partial charge on any atom is 0.279 e. The predicted molar refractivity (Wildman–Crippen MR) is 90.3 cm³/mol. The number of nitrogens with zero attached hydrogens (tertiary/aromatic N) is 5. The summed E-state index contributed by atoms with van der Waals surface area (Å²) < 4.78 is 0.839. The molecule has 0 atom stereocenters. The molecule has 8 heteroatoms. The van der Waals surface area contributed by atoms with E-state index in [-0.39, 0.29) is 29.0 Å². The number of hydrogen-bond donors (Lipinski definition) is 1. The minimum atomic E-state index is -0.599. The molecule has 1 aromatic rings. The van der Waals surface area contributed by atoms with E-state index in [0.717, 1.165) is 16.1 Å². The number of unbranched alkanes of at least 4 members (excludes halogenated alkanes) is 1. The Bertz CT molecular complexity index is 886. The Morgan fingerprint density at radius 3 is 2.56 bits per heavy atom. The summed E-state index contributed by atoms with van der Waals surface area (Å²) in [6.07, 6.45) is 1.44. The van der Waals surface area contributed by atoms with Crippen LogP contribution in [0.4, 0.5) is 0 Å². The summed E-state index contributed by atoms with van der Waals surface area (Å²) >= 11 is 0. The third-order valence-electron chi connectivity index (χ3n) is 3.84. The zero-order valence-corrected chi connectivity index (χ0v) is 14.4. The monoisotopic (exact) mass is 341 g/mol. The van der Waals surface area contributed by atoms with E-state index in [1.54, 1.807) is 19.1 Å². The van der Waals surface area contributed by atoms with Crippen molar-refractivity contribution in [1.82, 2.24) is 9.63 Å². The van der Waals surface area contributed by atoms with Crippen LogP contribution in [0.25, 0.3) is 4.85 Å². The van der Waals surface area contributed by atoms with Crippen LogP contribution in [0.15, 0.2) is 39.7 Å². The van der Waals surface area contributed by atoms with Gasteiger partial charge in [-0.15, -0.1) is 10.2 Å². The largest absolute Gasteiger partial charge is 0.427 e. The van der Waals surface area contributed by atoms with Crippen LogP contribution in [-0.2, 0) is 9.59 Å². The second kappa shape index (κ2) is 7.57. The molecule has 130 valence electrons. The number of aromatic nitrogens is 1. The van der Waals surface area contributed by atoms with Crippen molar-refractivity contribution in [2.24, 2.45) is 10.2 Å². The van der Waals surface area contributed by atoms with Crippen LogP contribution in [0.2, 0.25) is 0 Å². The number of imide groups is 1. The number of hydrogen-bond acceptors (Lipinski definition) is 5. The number of carbonyl (C=O) groups excluding carboxylic acids is 2. The molecule has 0 aliphatic carbocycles. The lowest BCUT2D eigenvalue weighted by molar-refractivity contribution is -0.138. The van der Waals surface area contributed by atoms with Gasteiger partial charge in [0.1, 0.15) is 5.71 Å². The molecule has 0 radical (unpaired) electrons. The van der Waals surface area contributed by atoms with Crippen LogP contribution in [0.5, 0.6) is 0 Å². The fraction of sp³-hybridized carbons (Fsp3) is 0.353. The molecule has 2 amide bonds. The maximum atomic E-state index is 12.6. The van der Waals surface area contributed by atoms with Crippen molar-refractivity contribution in [3.63, 3.8) is 0 Å². The van der Waals surface area contributed by atoms with Gasteiger partial charge < -0.3 is 5.21 Å². The average molecular weight is 341 g/mol. The van der Waals surface area contributed by atoms with Crippen molar-refractivity contribution in [1.29, 1.82) is 0 Å². The Labute approximate surface area is 145 Å². The number of aryl methyl sites for hydroxylation is 1. The molecule has 1 aliphatic heterocycles. The summed E-state index contributed by atoms with van der Waals surface area (Å²) in [6, 6.07) is 4.90. The molecular weight excluding hydrogens is 322 g/mol. The highest BCUT2D eigenvalue weighted by atomic mass is 16.5. The van der Waals surface area contributed by atoms with Gasteiger partial charge in [-0.3, -0.25) is 14.5 Å². The van der Waals surface area contributed by atoms with Crippen molar-refractivity contribution in [3.05, 3.63) is 52.1 Å². The molecule has 0 bridgehead atoms. The van der Waals surface area contributed by atoms with Crippen molar-refractivity contribution >= 4 is 17.5 Å². The molecule has 0 unspecified atom stereocenters. The lowest BCUT2D eigenvalue weighted by Crippen LogP contribution is -2.46. The summed E-state index contributed by atoms with van der Waals surface area (Å²) in [6.45, 7) is 12.6. The Kier molecular flexibility index (Phi) is 5.49. The number of carbonyl (C=O) groups is 2. The lowest BCUT2D eigenvalue weighted by atomic mass is 10.0. The van der Waals surface area contributed by atoms with E-state index in [1.165, 1.54) is 13.0 Å². The summed E-state index contributed by atoms with van der Waals surface area (Å²) in [5.74, 6) is -1.18. The molecule has 0 aromatic carbocycles. The van der Waals surface area contributed by atoms with Gasteiger partial charge in [-0.1, -0.05) is 19.4 Å². The molecule has 1 aliphatic rings. The van der Waals surface area contributed by atoms with Crippen LogP contribution in [0.1, 0.15) is 32.4 Å². The van der Waals surface area contributed by atoms with Crippen molar-refractivity contribution in [3.8, 4) is 0 Å². The molecule has 1 N–H and O–H groups in total. The smallest absolute Gasteiger partial charge is 0.279 e. The van der Waals surface area contributed by atoms with Gasteiger partial charge in [-0.25, -0.2) is 4.85 Å². The third-order valence-corrected chi connectivity index (χ3v) is 3.84. The molecule has 0 saturated carbocycles. The van der Waals surface area contributed by atoms with E-state index in [0.29, 0.717) is 12.1 Å². The first-order valence-corrected chi connectivity index (χ1v) is 7.86. The highest BCUT2D eigenvalue weighted by molar-refractivity contribution is 6.50. The summed E-state index contributed by atoms with van der Waals surface area (Å²) in [5.41, 5.74) is 0.673. The zero-order valence-electron chi connectivity index (χ0n) is 14.4. The standard InChI is InChI=1S/C17H19N5O3/c1-5-6-10-21-16(23)14(18-4)12(3)15(17(21)24)20-19-13-9-7-8-11(2)22(13)25/h7-9,25H,5-6,10H2,1-3H3. The average Bonchev–Trinajstić information content (AvgIpc) is 2.58. The molecule has 0 fully saturated rings. The molecule has 8 nitrogen and oxygen atoms in total. The van der Waals surface area contributed by atoms with E-state index in [9.17, 15) is 14.8 Å². The van der Waals surface area contributed by atoms with E-state index in [1.807, 2.05) is 6.92 Å². The molecule has 1 aromatic heterocycles. The molecule has 2 heterocycles. The number of amides is 2. The van der Waals surface area contributed by atoms with Crippen molar-refractivity contribution in [2.75, 3.05) is 6.54 Å². The van der Waals surface area contributed by atoms with Crippen LogP contribution >= 0.6 is 0 Å². The van der Waals surface area contributed by atoms with Crippen LogP contribution < -0.4 is 5.49 Å². The SMILES string of the molecule is [C-]#[N+]C1=C(C)C(=NN=c2cccc(C)n2O)C(=O)N(CCCC)C1=O. The molecule has 0 spiro atoms. The fourth-order valence-corrected chi connectivity index (χ4v) is 2.32. The Balaban J connectivity index is 2.56. The fourth-order valence-electron chi connectivity index (χ4n) is 2.32. The van der Waals surface area contributed by atoms with E-state index in [2.05, 4.69) is 15.0 Å². The third kappa shape index (κ3) is 3.50. The first kappa shape index (κ1) is 18.1. The first-order chi connectivity index (χ1) is 11.9. The second-order valence-corrected chi connectivity index (χ2v) is 5.59. The van der Waals surface area contributed by atoms with Crippen LogP contribution in [0.3, 0.4) is 0 Å². The molecular formula is C17H19N5O3. The van der Waals surface area contributed by atoms with Crippen molar-refractivity contribution in [2.45, 2.75) is 33.6 Å². The molecule has 25 heavy (non-hydrogen) atoms. The topological polar surface area (TPSA) is 91.6 Å². The highest BCUT2D eigenvalue weighted by Gasteiger charge is 2.36. The maximum absolute atomic E-state index is 12.6. The van der Waals surface area contributed by atoms with Gasteiger partial charge in [-0.2, -0.15) is 4.73 Å². The van der Waals surface area contributed by atoms with Crippen LogP contribution in [-0.4, -0.2) is 38.9 Å². The number of pyridine rings is 1. The second-order valence-electron chi connectivity index (χ2n) is 5.59. The van der Waals surface area contributed by atoms with Gasteiger partial charge in [0.05, 0.1) is 12.3 Å². The number of rotatable bonds is 4. The molecule has 0 saturated heterocycles. The Morgan fingerprint density at radius 1 is 1.20 bits per heavy atom. The minimum Gasteiger partial charge on any atom is -0.427 e. The Morgan fingerprint density at radius 2 is 1.92 bits per heavy atom. The van der Waals surface area contributed by atoms with E-state index < -0.39 is 11.8 Å². The first-order valence-electron chi connectivity index (χ1n) is 7.86. The van der Waals surface area contributed by atoms with E-state index in [4.69, 9.17) is 6.57 Å². The normalized spacial score (nSPS) is 17.4. The summed E-state index contributed by atoms with van der Waals surface area (Å²) in [5, 5.41) is 17.7. The predicted octanol–water partition coefficient (Wildman–Crippen LogP) is 1.65. The minimum absolute atomic E-state index is 0.0665.